The summed E-state index contributed by atoms with van der Waals surface area (Å²) in [4.78, 5) is 0. The van der Waals surface area contributed by atoms with Gasteiger partial charge in [-0.3, -0.25) is 0 Å². The summed E-state index contributed by atoms with van der Waals surface area (Å²) in [5.74, 6) is -0.603. The predicted octanol–water partition coefficient (Wildman–Crippen LogP) is 4.99. The van der Waals surface area contributed by atoms with E-state index in [9.17, 15) is 8.78 Å². The number of halogens is 4. The first-order valence-corrected chi connectivity index (χ1v) is 7.66. The second-order valence-corrected chi connectivity index (χ2v) is 6.28. The van der Waals surface area contributed by atoms with E-state index in [4.69, 9.17) is 0 Å². The van der Waals surface area contributed by atoms with Gasteiger partial charge >= 0.3 is 0 Å². The van der Waals surface area contributed by atoms with Gasteiger partial charge in [-0.05, 0) is 43.3 Å². The third-order valence-corrected chi connectivity index (χ3v) is 4.11. The molecule has 0 radical (unpaired) electrons. The lowest BCUT2D eigenvalue weighted by Gasteiger charge is -2.18. The third-order valence-electron chi connectivity index (χ3n) is 3.13. The van der Waals surface area contributed by atoms with E-state index in [2.05, 4.69) is 37.2 Å². The normalized spacial score (nSPS) is 12.4. The summed E-state index contributed by atoms with van der Waals surface area (Å²) in [6, 6.07) is 9.53. The molecule has 2 aromatic rings. The van der Waals surface area contributed by atoms with Crippen LogP contribution in [-0.4, -0.2) is 7.05 Å². The molecule has 0 saturated heterocycles. The van der Waals surface area contributed by atoms with Gasteiger partial charge < -0.3 is 5.32 Å². The van der Waals surface area contributed by atoms with Crippen LogP contribution >= 0.6 is 31.9 Å². The smallest absolute Gasteiger partial charge is 0.129 e. The molecule has 106 valence electrons. The molecule has 1 nitrogen and oxygen atoms in total. The molecule has 0 aliphatic heterocycles. The van der Waals surface area contributed by atoms with Gasteiger partial charge in [-0.25, -0.2) is 8.78 Å². The van der Waals surface area contributed by atoms with Crippen LogP contribution in [0.1, 0.15) is 17.2 Å². The van der Waals surface area contributed by atoms with Crippen molar-refractivity contribution in [2.75, 3.05) is 7.05 Å². The number of nitrogens with one attached hydrogen (secondary N) is 1. The molecule has 20 heavy (non-hydrogen) atoms. The van der Waals surface area contributed by atoms with E-state index in [-0.39, 0.29) is 17.7 Å². The summed E-state index contributed by atoms with van der Waals surface area (Å²) in [6.07, 6.45) is 0.383. The Morgan fingerprint density at radius 3 is 2.15 bits per heavy atom. The number of likely N-dealkylation sites (N-methyl/N-ethyl adjacent to an activating group) is 1. The van der Waals surface area contributed by atoms with Gasteiger partial charge in [0.05, 0.1) is 0 Å². The molecule has 1 unspecified atom stereocenters. The van der Waals surface area contributed by atoms with Crippen LogP contribution in [0, 0.1) is 11.6 Å². The maximum absolute atomic E-state index is 14.0. The molecule has 0 spiro atoms. The van der Waals surface area contributed by atoms with Crippen LogP contribution in [0.25, 0.3) is 0 Å². The fraction of sp³-hybridized carbons (Fsp3) is 0.200. The standard InChI is InChI=1S/C15H13Br2F2N/c1-20-15(12-5-4-11(17)8-14(12)19)6-9-2-3-10(16)7-13(9)18/h2-5,7-8,15,20H,6H2,1H3. The van der Waals surface area contributed by atoms with E-state index in [1.807, 2.05) is 0 Å². The molecule has 0 aliphatic carbocycles. The second-order valence-electron chi connectivity index (χ2n) is 4.45. The minimum Gasteiger partial charge on any atom is -0.313 e. The maximum atomic E-state index is 14.0. The lowest BCUT2D eigenvalue weighted by molar-refractivity contribution is 0.519. The van der Waals surface area contributed by atoms with Crippen molar-refractivity contribution in [3.63, 3.8) is 0 Å². The minimum absolute atomic E-state index is 0.279. The summed E-state index contributed by atoms with van der Waals surface area (Å²) in [6.45, 7) is 0. The summed E-state index contributed by atoms with van der Waals surface area (Å²) < 4.78 is 29.2. The Balaban J connectivity index is 2.28. The largest absolute Gasteiger partial charge is 0.313 e. The summed E-state index contributed by atoms with van der Waals surface area (Å²) in [7, 11) is 1.74. The topological polar surface area (TPSA) is 12.0 Å². The van der Waals surface area contributed by atoms with Gasteiger partial charge in [-0.2, -0.15) is 0 Å². The first-order valence-electron chi connectivity index (χ1n) is 6.07. The molecular weight excluding hydrogens is 392 g/mol. The molecule has 2 aromatic carbocycles. The Hall–Kier alpha value is -0.780. The van der Waals surface area contributed by atoms with Crippen molar-refractivity contribution in [2.45, 2.75) is 12.5 Å². The highest BCUT2D eigenvalue weighted by Crippen LogP contribution is 2.25. The minimum atomic E-state index is -0.309. The molecule has 0 bridgehead atoms. The van der Waals surface area contributed by atoms with E-state index in [0.29, 0.717) is 26.5 Å². The summed E-state index contributed by atoms with van der Waals surface area (Å²) in [5.41, 5.74) is 1.08. The Bertz CT molecular complexity index is 617. The van der Waals surface area contributed by atoms with Gasteiger partial charge in [-0.15, -0.1) is 0 Å². The van der Waals surface area contributed by atoms with Crippen molar-refractivity contribution >= 4 is 31.9 Å². The quantitative estimate of drug-likeness (QED) is 0.756. The summed E-state index contributed by atoms with van der Waals surface area (Å²) >= 11 is 6.45. The Morgan fingerprint density at radius 2 is 1.60 bits per heavy atom. The van der Waals surface area contributed by atoms with E-state index in [1.54, 1.807) is 31.3 Å². The van der Waals surface area contributed by atoms with Crippen molar-refractivity contribution in [3.05, 3.63) is 68.1 Å². The average Bonchev–Trinajstić information content (AvgIpc) is 2.39. The fourth-order valence-corrected chi connectivity index (χ4v) is 2.73. The van der Waals surface area contributed by atoms with Crippen molar-refractivity contribution in [2.24, 2.45) is 0 Å². The molecule has 0 aliphatic rings. The molecule has 0 amide bonds. The lowest BCUT2D eigenvalue weighted by Crippen LogP contribution is -2.20. The van der Waals surface area contributed by atoms with Gasteiger partial charge in [-0.1, -0.05) is 44.0 Å². The van der Waals surface area contributed by atoms with Gasteiger partial charge in [0.25, 0.3) is 0 Å². The molecular formula is C15H13Br2F2N. The molecule has 0 aromatic heterocycles. The number of hydrogen-bond donors (Lipinski definition) is 1. The third kappa shape index (κ3) is 3.65. The highest BCUT2D eigenvalue weighted by molar-refractivity contribution is 9.10. The SMILES string of the molecule is CNC(Cc1ccc(Br)cc1F)c1ccc(Br)cc1F. The molecule has 0 saturated carbocycles. The highest BCUT2D eigenvalue weighted by Gasteiger charge is 2.16. The van der Waals surface area contributed by atoms with E-state index in [1.165, 1.54) is 12.1 Å². The first-order chi connectivity index (χ1) is 9.51. The van der Waals surface area contributed by atoms with Gasteiger partial charge in [0.15, 0.2) is 0 Å². The predicted molar refractivity (Wildman–Crippen MR) is 83.7 cm³/mol. The zero-order chi connectivity index (χ0) is 14.7. The fourth-order valence-electron chi connectivity index (χ4n) is 2.06. The Morgan fingerprint density at radius 1 is 1.00 bits per heavy atom. The van der Waals surface area contributed by atoms with Crippen LogP contribution < -0.4 is 5.32 Å². The Labute approximate surface area is 133 Å². The Kier molecular flexibility index (Phi) is 5.29. The molecule has 2 rings (SSSR count). The number of benzene rings is 2. The number of rotatable bonds is 4. The van der Waals surface area contributed by atoms with Crippen LogP contribution in [0.5, 0.6) is 0 Å². The summed E-state index contributed by atoms with van der Waals surface area (Å²) in [5, 5.41) is 3.04. The van der Waals surface area contributed by atoms with Crippen molar-refractivity contribution in [1.82, 2.24) is 5.32 Å². The van der Waals surface area contributed by atoms with E-state index in [0.717, 1.165) is 0 Å². The maximum Gasteiger partial charge on any atom is 0.129 e. The van der Waals surface area contributed by atoms with Gasteiger partial charge in [0, 0.05) is 20.6 Å². The molecule has 0 heterocycles. The molecule has 1 N–H and O–H groups in total. The van der Waals surface area contributed by atoms with Crippen LogP contribution in [-0.2, 0) is 6.42 Å². The van der Waals surface area contributed by atoms with E-state index >= 15 is 0 Å². The molecule has 0 fully saturated rings. The zero-order valence-corrected chi connectivity index (χ0v) is 13.9. The molecule has 1 atom stereocenters. The average molecular weight is 405 g/mol. The van der Waals surface area contributed by atoms with Gasteiger partial charge in [0.2, 0.25) is 0 Å². The highest BCUT2D eigenvalue weighted by atomic mass is 79.9. The van der Waals surface area contributed by atoms with Crippen molar-refractivity contribution in [1.29, 1.82) is 0 Å². The first kappa shape index (κ1) is 15.6. The monoisotopic (exact) mass is 403 g/mol. The lowest BCUT2D eigenvalue weighted by atomic mass is 9.98. The zero-order valence-electron chi connectivity index (χ0n) is 10.8. The van der Waals surface area contributed by atoms with Crippen LogP contribution in [0.2, 0.25) is 0 Å². The number of hydrogen-bond acceptors (Lipinski definition) is 1. The van der Waals surface area contributed by atoms with Gasteiger partial charge in [0.1, 0.15) is 11.6 Å². The van der Waals surface area contributed by atoms with Crippen molar-refractivity contribution in [3.8, 4) is 0 Å². The van der Waals surface area contributed by atoms with Crippen LogP contribution in [0.15, 0.2) is 45.3 Å². The van der Waals surface area contributed by atoms with Crippen molar-refractivity contribution < 1.29 is 8.78 Å². The van der Waals surface area contributed by atoms with Crippen LogP contribution in [0.3, 0.4) is 0 Å². The second kappa shape index (κ2) is 6.78. The molecule has 5 heteroatoms. The van der Waals surface area contributed by atoms with Crippen LogP contribution in [0.4, 0.5) is 8.78 Å². The van der Waals surface area contributed by atoms with E-state index < -0.39 is 0 Å².